The minimum absolute atomic E-state index is 0.0436. The summed E-state index contributed by atoms with van der Waals surface area (Å²) in [5, 5.41) is 13.1. The van der Waals surface area contributed by atoms with Gasteiger partial charge in [0.1, 0.15) is 0 Å². The van der Waals surface area contributed by atoms with Crippen molar-refractivity contribution in [2.24, 2.45) is 11.3 Å². The molecule has 0 aromatic heterocycles. The smallest absolute Gasteiger partial charge is 0.0546 e. The van der Waals surface area contributed by atoms with Gasteiger partial charge in [-0.1, -0.05) is 0 Å². The summed E-state index contributed by atoms with van der Waals surface area (Å²) in [6, 6.07) is 0. The summed E-state index contributed by atoms with van der Waals surface area (Å²) in [5.41, 5.74) is 0.393. The molecule has 2 N–H and O–H groups in total. The van der Waals surface area contributed by atoms with Crippen LogP contribution in [-0.4, -0.2) is 61.5 Å². The largest absolute Gasteiger partial charge is 0.393 e. The van der Waals surface area contributed by atoms with E-state index in [1.54, 1.807) is 0 Å². The van der Waals surface area contributed by atoms with Crippen molar-refractivity contribution >= 4 is 0 Å². The summed E-state index contributed by atoms with van der Waals surface area (Å²) >= 11 is 0. The van der Waals surface area contributed by atoms with Crippen molar-refractivity contribution in [2.75, 3.05) is 39.9 Å². The molecule has 1 heterocycles. The highest BCUT2D eigenvalue weighted by molar-refractivity contribution is 4.90. The van der Waals surface area contributed by atoms with Crippen LogP contribution in [0.25, 0.3) is 0 Å². The fraction of sp³-hybridized carbons (Fsp3) is 1.00. The Hall–Kier alpha value is -0.160. The lowest BCUT2D eigenvalue weighted by atomic mass is 9.79. The summed E-state index contributed by atoms with van der Waals surface area (Å²) in [5.74, 6) is 0.683. The average Bonchev–Trinajstić information content (AvgIpc) is 2.35. The number of rotatable bonds is 6. The third kappa shape index (κ3) is 5.51. The van der Waals surface area contributed by atoms with Crippen molar-refractivity contribution in [3.8, 4) is 0 Å². The molecule has 0 amide bonds. The van der Waals surface area contributed by atoms with Gasteiger partial charge in [0.05, 0.1) is 12.7 Å². The molecule has 2 aliphatic rings. The van der Waals surface area contributed by atoms with Crippen molar-refractivity contribution in [1.29, 1.82) is 0 Å². The molecule has 0 spiro atoms. The van der Waals surface area contributed by atoms with E-state index in [9.17, 15) is 5.11 Å². The van der Waals surface area contributed by atoms with Crippen LogP contribution in [0.15, 0.2) is 0 Å². The first-order valence-electron chi connectivity index (χ1n) is 8.47. The maximum Gasteiger partial charge on any atom is 0.0546 e. The van der Waals surface area contributed by atoms with Crippen molar-refractivity contribution in [3.63, 3.8) is 0 Å². The van der Waals surface area contributed by atoms with Gasteiger partial charge < -0.3 is 20.1 Å². The third-order valence-electron chi connectivity index (χ3n) is 4.78. The van der Waals surface area contributed by atoms with E-state index in [2.05, 4.69) is 38.0 Å². The van der Waals surface area contributed by atoms with Crippen molar-refractivity contribution in [3.05, 3.63) is 0 Å². The monoisotopic (exact) mass is 298 g/mol. The molecular weight excluding hydrogens is 264 g/mol. The van der Waals surface area contributed by atoms with Gasteiger partial charge in [-0.05, 0) is 59.4 Å². The lowest BCUT2D eigenvalue weighted by Gasteiger charge is -2.43. The van der Waals surface area contributed by atoms with Gasteiger partial charge in [-0.15, -0.1) is 0 Å². The average molecular weight is 298 g/mol. The van der Waals surface area contributed by atoms with Crippen LogP contribution in [-0.2, 0) is 4.74 Å². The quantitative estimate of drug-likeness (QED) is 0.786. The first kappa shape index (κ1) is 17.2. The Labute approximate surface area is 130 Å². The Balaban J connectivity index is 1.85. The van der Waals surface area contributed by atoms with Gasteiger partial charge in [0.15, 0.2) is 0 Å². The Morgan fingerprint density at radius 2 is 2.05 bits per heavy atom. The number of hydrogen-bond donors (Lipinski definition) is 2. The lowest BCUT2D eigenvalue weighted by Crippen LogP contribution is -2.52. The summed E-state index contributed by atoms with van der Waals surface area (Å²) in [6.45, 7) is 11.7. The maximum absolute atomic E-state index is 9.43. The lowest BCUT2D eigenvalue weighted by molar-refractivity contribution is -0.0341. The van der Waals surface area contributed by atoms with Crippen LogP contribution in [0.1, 0.15) is 46.5 Å². The predicted molar refractivity (Wildman–Crippen MR) is 86.5 cm³/mol. The highest BCUT2D eigenvalue weighted by Crippen LogP contribution is 2.32. The van der Waals surface area contributed by atoms with Crippen LogP contribution in [0, 0.1) is 11.3 Å². The normalized spacial score (nSPS) is 34.0. The summed E-state index contributed by atoms with van der Waals surface area (Å²) < 4.78 is 5.81. The molecule has 21 heavy (non-hydrogen) atoms. The number of aliphatic hydroxyl groups excluding tert-OH is 1. The van der Waals surface area contributed by atoms with Crippen LogP contribution in [0.4, 0.5) is 0 Å². The second-order valence-corrected chi connectivity index (χ2v) is 8.45. The predicted octanol–water partition coefficient (Wildman–Crippen LogP) is 1.87. The number of ether oxygens (including phenoxy) is 1. The Morgan fingerprint density at radius 3 is 2.57 bits per heavy atom. The Kier molecular flexibility index (Phi) is 5.69. The molecule has 0 aromatic carbocycles. The molecule has 1 saturated carbocycles. The standard InChI is InChI=1S/C17H34N2O2/c1-16(2,3)18-11-17(6-5-7-21-13-17)12-19(4)10-14-8-15(20)9-14/h14-15,18,20H,5-13H2,1-4H3. The SMILES string of the molecule is CN(CC1CC(O)C1)CC1(CNC(C)(C)C)CCCOC1. The van der Waals surface area contributed by atoms with Gasteiger partial charge in [-0.2, -0.15) is 0 Å². The summed E-state index contributed by atoms with van der Waals surface area (Å²) in [6.07, 6.45) is 4.33. The van der Waals surface area contributed by atoms with Crippen LogP contribution < -0.4 is 5.32 Å². The number of nitrogens with zero attached hydrogens (tertiary/aromatic N) is 1. The molecule has 4 nitrogen and oxygen atoms in total. The van der Waals surface area contributed by atoms with E-state index in [-0.39, 0.29) is 17.1 Å². The van der Waals surface area contributed by atoms with E-state index in [0.29, 0.717) is 5.92 Å². The van der Waals surface area contributed by atoms with Crippen LogP contribution in [0.3, 0.4) is 0 Å². The zero-order valence-corrected chi connectivity index (χ0v) is 14.3. The Morgan fingerprint density at radius 1 is 1.33 bits per heavy atom. The Bertz CT molecular complexity index is 315. The molecule has 4 heteroatoms. The number of nitrogens with one attached hydrogen (secondary N) is 1. The second-order valence-electron chi connectivity index (χ2n) is 8.45. The molecule has 0 bridgehead atoms. The van der Waals surface area contributed by atoms with Gasteiger partial charge in [0.25, 0.3) is 0 Å². The van der Waals surface area contributed by atoms with Crippen molar-refractivity contribution in [2.45, 2.75) is 58.1 Å². The third-order valence-corrected chi connectivity index (χ3v) is 4.78. The topological polar surface area (TPSA) is 44.7 Å². The van der Waals surface area contributed by atoms with Crippen LogP contribution in [0.2, 0.25) is 0 Å². The van der Waals surface area contributed by atoms with E-state index < -0.39 is 0 Å². The zero-order chi connectivity index (χ0) is 15.5. The summed E-state index contributed by atoms with van der Waals surface area (Å²) in [7, 11) is 2.22. The van der Waals surface area contributed by atoms with Crippen LogP contribution >= 0.6 is 0 Å². The van der Waals surface area contributed by atoms with E-state index in [1.807, 2.05) is 0 Å². The van der Waals surface area contributed by atoms with E-state index in [4.69, 9.17) is 4.74 Å². The molecule has 1 aliphatic heterocycles. The molecule has 1 unspecified atom stereocenters. The maximum atomic E-state index is 9.43. The second kappa shape index (κ2) is 6.95. The van der Waals surface area contributed by atoms with Gasteiger partial charge in [0, 0.05) is 37.2 Å². The van der Waals surface area contributed by atoms with Crippen LogP contribution in [0.5, 0.6) is 0 Å². The van der Waals surface area contributed by atoms with Crippen molar-refractivity contribution in [1.82, 2.24) is 10.2 Å². The fourth-order valence-electron chi connectivity index (χ4n) is 3.61. The summed E-state index contributed by atoms with van der Waals surface area (Å²) in [4.78, 5) is 2.45. The minimum atomic E-state index is -0.0436. The molecule has 0 aromatic rings. The minimum Gasteiger partial charge on any atom is -0.393 e. The molecular formula is C17H34N2O2. The van der Waals surface area contributed by atoms with Crippen molar-refractivity contribution < 1.29 is 9.84 Å². The van der Waals surface area contributed by atoms with E-state index in [1.165, 1.54) is 12.8 Å². The van der Waals surface area contributed by atoms with Gasteiger partial charge in [-0.25, -0.2) is 0 Å². The first-order chi connectivity index (χ1) is 9.78. The molecule has 0 radical (unpaired) electrons. The van der Waals surface area contributed by atoms with Gasteiger partial charge in [0.2, 0.25) is 0 Å². The van der Waals surface area contributed by atoms with Gasteiger partial charge >= 0.3 is 0 Å². The molecule has 1 aliphatic carbocycles. The fourth-order valence-corrected chi connectivity index (χ4v) is 3.61. The molecule has 2 fully saturated rings. The number of hydrogen-bond acceptors (Lipinski definition) is 4. The number of aliphatic hydroxyl groups is 1. The molecule has 1 saturated heterocycles. The molecule has 1 atom stereocenters. The first-order valence-corrected chi connectivity index (χ1v) is 8.47. The zero-order valence-electron chi connectivity index (χ0n) is 14.3. The molecule has 124 valence electrons. The van der Waals surface area contributed by atoms with E-state index >= 15 is 0 Å². The van der Waals surface area contributed by atoms with E-state index in [0.717, 1.165) is 45.7 Å². The van der Waals surface area contributed by atoms with Gasteiger partial charge in [-0.3, -0.25) is 0 Å². The highest BCUT2D eigenvalue weighted by atomic mass is 16.5. The molecule has 2 rings (SSSR count). The highest BCUT2D eigenvalue weighted by Gasteiger charge is 2.36.